The Morgan fingerprint density at radius 3 is 2.32 bits per heavy atom. The first-order valence-electron chi connectivity index (χ1n) is 15.3. The lowest BCUT2D eigenvalue weighted by molar-refractivity contribution is -1.08. The van der Waals surface area contributed by atoms with Gasteiger partial charge < -0.3 is 35.0 Å². The van der Waals surface area contributed by atoms with E-state index in [4.69, 9.17) is 21.5 Å². The third-order valence-corrected chi connectivity index (χ3v) is 14.0. The Morgan fingerprint density at radius 1 is 1.11 bits per heavy atom. The van der Waals surface area contributed by atoms with Crippen LogP contribution in [0.3, 0.4) is 0 Å². The number of rotatable bonds is 14. The first-order chi connectivity index (χ1) is 22.2. The molecule has 3 saturated heterocycles. The fraction of sp³-hybridized carbons (Fsp3) is 0.467. The number of piperazine rings is 3. The summed E-state index contributed by atoms with van der Waals surface area (Å²) >= 11 is 0.960. The maximum absolute atomic E-state index is 14.2. The largest absolute Gasteiger partial charge is 0.493 e. The minimum Gasteiger partial charge on any atom is -0.493 e. The van der Waals surface area contributed by atoms with E-state index in [1.807, 2.05) is 0 Å². The smallest absolute Gasteiger partial charge is 0.347 e. The van der Waals surface area contributed by atoms with Gasteiger partial charge in [0.15, 0.2) is 5.96 Å². The number of hydrogen-bond acceptors (Lipinski definition) is 7. The van der Waals surface area contributed by atoms with E-state index in [0.29, 0.717) is 34.6 Å². The van der Waals surface area contributed by atoms with E-state index in [-0.39, 0.29) is 21.3 Å². The Hall–Kier alpha value is -3.13. The van der Waals surface area contributed by atoms with Crippen LogP contribution in [-0.2, 0) is 14.6 Å². The molecule has 4 heterocycles. The molecule has 3 aromatic rings. The molecule has 3 aliphatic rings. The molecule has 3 aliphatic heterocycles. The van der Waals surface area contributed by atoms with Crippen LogP contribution >= 0.6 is 18.9 Å². The second-order valence-electron chi connectivity index (χ2n) is 12.5. The molecule has 1 aromatic heterocycles. The van der Waals surface area contributed by atoms with Gasteiger partial charge in [0.2, 0.25) is 0 Å². The van der Waals surface area contributed by atoms with Crippen LogP contribution in [0.5, 0.6) is 5.75 Å². The second-order valence-corrected chi connectivity index (χ2v) is 17.1. The molecule has 2 aromatic carbocycles. The highest BCUT2D eigenvalue weighted by Gasteiger charge is 2.48. The van der Waals surface area contributed by atoms with Crippen LogP contribution in [0.2, 0.25) is 0 Å². The van der Waals surface area contributed by atoms with Crippen LogP contribution in [0.15, 0.2) is 45.6 Å². The normalized spacial score (nSPS) is 21.8. The average Bonchev–Trinajstić information content (AvgIpc) is 3.37. The number of aliphatic imine (C=N–C) groups is 1. The number of guanidine groups is 1. The van der Waals surface area contributed by atoms with Crippen LogP contribution in [0.25, 0.3) is 10.1 Å². The van der Waals surface area contributed by atoms with E-state index in [9.17, 15) is 27.2 Å². The minimum absolute atomic E-state index is 0.117. The number of nitrogens with two attached hydrogens (primary N) is 2. The third kappa shape index (κ3) is 7.96. The highest BCUT2D eigenvalue weighted by Crippen LogP contribution is 2.51. The quantitative estimate of drug-likeness (QED) is 0.0548. The Balaban J connectivity index is 1.20. The predicted octanol–water partition coefficient (Wildman–Crippen LogP) is 2.47. The summed E-state index contributed by atoms with van der Waals surface area (Å²) in [5.74, 6) is -2.31. The molecule has 1 atom stereocenters. The van der Waals surface area contributed by atoms with E-state index in [2.05, 4.69) is 9.71 Å². The zero-order chi connectivity index (χ0) is 34.0. The number of nitrogens with one attached hydrogen (secondary N) is 1. The van der Waals surface area contributed by atoms with Crippen molar-refractivity contribution in [3.63, 3.8) is 0 Å². The molecule has 17 heteroatoms. The molecule has 0 spiro atoms. The predicted molar refractivity (Wildman–Crippen MR) is 178 cm³/mol. The maximum Gasteiger partial charge on any atom is 0.347 e. The molecule has 1 unspecified atom stereocenters. The van der Waals surface area contributed by atoms with Gasteiger partial charge in [0.1, 0.15) is 66.9 Å². The van der Waals surface area contributed by atoms with E-state index < -0.39 is 29.2 Å². The van der Waals surface area contributed by atoms with Gasteiger partial charge in [0, 0.05) is 29.5 Å². The van der Waals surface area contributed by atoms with E-state index in [1.54, 1.807) is 31.2 Å². The van der Waals surface area contributed by atoms with Crippen LogP contribution in [-0.4, -0.2) is 98.6 Å². The van der Waals surface area contributed by atoms with Gasteiger partial charge in [0.05, 0.1) is 25.3 Å². The van der Waals surface area contributed by atoms with Gasteiger partial charge in [-0.15, -0.1) is 11.3 Å². The lowest BCUT2D eigenvalue weighted by Gasteiger charge is -2.55. The molecule has 47 heavy (non-hydrogen) atoms. The molecule has 3 fully saturated rings. The molecule has 7 N–H and O–H groups in total. The summed E-state index contributed by atoms with van der Waals surface area (Å²) in [6, 6.07) is 9.85. The number of hydrogen-bond donors (Lipinski definition) is 5. The average molecular weight is 710 g/mol. The SMILES string of the molecule is Cc1c(S(=O)(=O)NC(c2ccc(C#N)c(F)c2)P(=O)(O)O)sc2ccc(OCCC[N+]34CC[N+](CCCN=C(N)N)(CC3)CC4)cc12. The lowest BCUT2D eigenvalue weighted by Crippen LogP contribution is -2.75. The van der Waals surface area contributed by atoms with Gasteiger partial charge in [-0.1, -0.05) is 6.07 Å². The molecule has 0 saturated carbocycles. The number of ether oxygens (including phenoxy) is 1. The summed E-state index contributed by atoms with van der Waals surface area (Å²) in [6.07, 6.45) is 1.87. The molecule has 0 radical (unpaired) electrons. The van der Waals surface area contributed by atoms with Gasteiger partial charge in [-0.2, -0.15) is 9.98 Å². The van der Waals surface area contributed by atoms with Crippen molar-refractivity contribution in [2.75, 3.05) is 65.5 Å². The monoisotopic (exact) mass is 709 g/mol. The molecule has 6 rings (SSSR count). The van der Waals surface area contributed by atoms with Gasteiger partial charge in [0.25, 0.3) is 10.0 Å². The fourth-order valence-corrected chi connectivity index (χ4v) is 11.0. The highest BCUT2D eigenvalue weighted by atomic mass is 32.2. The Labute approximate surface area is 277 Å². The lowest BCUT2D eigenvalue weighted by atomic mass is 10.1. The summed E-state index contributed by atoms with van der Waals surface area (Å²) in [4.78, 5) is 24.0. The van der Waals surface area contributed by atoms with Crippen molar-refractivity contribution in [3.05, 3.63) is 58.9 Å². The topological polar surface area (TPSA) is 201 Å². The molecule has 13 nitrogen and oxygen atoms in total. The number of sulfonamides is 1. The molecule has 2 bridgehead atoms. The third-order valence-electron chi connectivity index (χ3n) is 9.42. The summed E-state index contributed by atoms with van der Waals surface area (Å²) in [7, 11) is -9.58. The van der Waals surface area contributed by atoms with E-state index >= 15 is 0 Å². The van der Waals surface area contributed by atoms with Crippen molar-refractivity contribution in [2.24, 2.45) is 16.5 Å². The number of benzene rings is 2. The van der Waals surface area contributed by atoms with Gasteiger partial charge in [-0.3, -0.25) is 9.56 Å². The number of nitrogens with zero attached hydrogens (tertiary/aromatic N) is 4. The maximum atomic E-state index is 14.2. The van der Waals surface area contributed by atoms with Crippen molar-refractivity contribution < 1.29 is 40.9 Å². The molecule has 254 valence electrons. The van der Waals surface area contributed by atoms with Gasteiger partial charge in [-0.25, -0.2) is 12.8 Å². The Bertz CT molecular complexity index is 1850. The van der Waals surface area contributed by atoms with Gasteiger partial charge in [-0.05, 0) is 48.4 Å². The second kappa shape index (κ2) is 13.8. The fourth-order valence-electron chi connectivity index (χ4n) is 6.67. The van der Waals surface area contributed by atoms with Crippen molar-refractivity contribution >= 4 is 45.0 Å². The van der Waals surface area contributed by atoms with E-state index in [0.717, 1.165) is 104 Å². The van der Waals surface area contributed by atoms with Crippen molar-refractivity contribution in [3.8, 4) is 11.8 Å². The van der Waals surface area contributed by atoms with Crippen molar-refractivity contribution in [1.82, 2.24) is 4.72 Å². The Kier molecular flexibility index (Phi) is 10.3. The standard InChI is InChI=1S/C30H39FN7O6PS2/c1-21-25-19-24(44-17-3-10-38-14-11-37(12-15-38,13-16-38)9-2-8-35-30(33)34)6-7-27(25)46-29(21)47(42,43)36-28(45(39,40)41)22-4-5-23(20-32)26(31)18-22/h4-7,18-19,28,36H,2-3,8-17H2,1H3,(H4-2,33,34,35,39,40,41)/p+2. The number of thiophene rings is 1. The number of nitriles is 1. The van der Waals surface area contributed by atoms with Gasteiger partial charge >= 0.3 is 7.60 Å². The van der Waals surface area contributed by atoms with Crippen LogP contribution < -0.4 is 20.9 Å². The number of halogens is 1. The molecule has 0 amide bonds. The molecular formula is C30H41FN7O6PS2+2. The summed E-state index contributed by atoms with van der Waals surface area (Å²) in [5.41, 5.74) is 10.7. The van der Waals surface area contributed by atoms with Crippen molar-refractivity contribution in [2.45, 2.75) is 29.8 Å². The number of fused-ring (bicyclic) bond motifs is 4. The zero-order valence-corrected chi connectivity index (χ0v) is 28.7. The van der Waals surface area contributed by atoms with E-state index in [1.165, 1.54) is 0 Å². The summed E-state index contributed by atoms with van der Waals surface area (Å²) in [6.45, 7) is 11.9. The first kappa shape index (κ1) is 35.2. The number of aryl methyl sites for hydroxylation is 1. The van der Waals surface area contributed by atoms with Crippen LogP contribution in [0, 0.1) is 24.1 Å². The van der Waals surface area contributed by atoms with Crippen molar-refractivity contribution in [1.29, 1.82) is 5.26 Å². The molecular weight excluding hydrogens is 668 g/mol. The minimum atomic E-state index is -5.13. The van der Waals surface area contributed by atoms with Crippen LogP contribution in [0.4, 0.5) is 4.39 Å². The van der Waals surface area contributed by atoms with Crippen LogP contribution in [0.1, 0.15) is 35.3 Å². The Morgan fingerprint density at radius 2 is 1.74 bits per heavy atom. The molecule has 0 aliphatic carbocycles. The highest BCUT2D eigenvalue weighted by molar-refractivity contribution is 7.92. The summed E-state index contributed by atoms with van der Waals surface area (Å²) < 4.78 is 64.4. The zero-order valence-electron chi connectivity index (χ0n) is 26.1. The first-order valence-corrected chi connectivity index (χ1v) is 19.3. The summed E-state index contributed by atoms with van der Waals surface area (Å²) in [5, 5.41) is 9.62. The number of quaternary nitrogens is 2.